The summed E-state index contributed by atoms with van der Waals surface area (Å²) in [5.74, 6) is 3.71. The van der Waals surface area contributed by atoms with E-state index in [-0.39, 0.29) is 41.2 Å². The Morgan fingerprint density at radius 2 is 0.863 bits per heavy atom. The number of nitrogens with zero attached hydrogens (tertiary/aromatic N) is 3. The summed E-state index contributed by atoms with van der Waals surface area (Å²) in [4.78, 5) is 0. The molecule has 0 saturated heterocycles. The van der Waals surface area contributed by atoms with Crippen molar-refractivity contribution < 1.29 is 12.6 Å². The van der Waals surface area contributed by atoms with Crippen LogP contribution in [0.2, 0.25) is 0 Å². The zero-order chi connectivity index (χ0) is 37.6. The van der Waals surface area contributed by atoms with Crippen molar-refractivity contribution in [3.63, 3.8) is 0 Å². The van der Waals surface area contributed by atoms with Crippen LogP contribution < -0.4 is 9.44 Å². The van der Waals surface area contributed by atoms with Crippen molar-refractivity contribution >= 4 is 39.2 Å². The molecule has 300 valence electrons. The van der Waals surface area contributed by atoms with Crippen LogP contribution in [0.5, 0.6) is 0 Å². The van der Waals surface area contributed by atoms with Gasteiger partial charge in [-0.1, -0.05) is 74.1 Å². The fourth-order valence-electron chi connectivity index (χ4n) is 6.01. The first-order valence-corrected chi connectivity index (χ1v) is 22.1. The second kappa shape index (κ2) is 24.4. The summed E-state index contributed by atoms with van der Waals surface area (Å²) >= 11 is 0. The van der Waals surface area contributed by atoms with E-state index in [9.17, 15) is 23.2 Å². The first-order valence-electron chi connectivity index (χ1n) is 18.7. The summed E-state index contributed by atoms with van der Waals surface area (Å²) in [6.07, 6.45) is 16.0. The second-order valence-electron chi connectivity index (χ2n) is 17.9. The molecule has 0 aliphatic heterocycles. The fraction of sp³-hybridized carbons (Fsp3) is 0.925. The van der Waals surface area contributed by atoms with Gasteiger partial charge in [-0.25, -0.2) is 22.1 Å². The Bertz CT molecular complexity index is 1090. The van der Waals surface area contributed by atoms with E-state index in [1.54, 1.807) is 0 Å². The highest BCUT2D eigenvalue weighted by molar-refractivity contribution is 7.85. The van der Waals surface area contributed by atoms with Gasteiger partial charge in [0.2, 0.25) is 0 Å². The minimum Gasteiger partial charge on any atom is -0.242 e. The number of rotatable bonds is 8. The Balaban J connectivity index is 0. The minimum absolute atomic E-state index is 0. The van der Waals surface area contributed by atoms with Gasteiger partial charge in [0.05, 0.1) is 48.4 Å². The highest BCUT2D eigenvalue weighted by Crippen LogP contribution is 2.32. The van der Waals surface area contributed by atoms with Gasteiger partial charge in [-0.05, 0) is 136 Å². The van der Waals surface area contributed by atoms with E-state index in [1.165, 1.54) is 51.4 Å². The predicted octanol–water partition coefficient (Wildman–Crippen LogP) is 10.1. The van der Waals surface area contributed by atoms with Crippen LogP contribution in [0, 0.1) is 58.2 Å². The molecule has 3 rings (SSSR count). The Hall–Kier alpha value is -0.980. The van der Waals surface area contributed by atoms with Gasteiger partial charge in [0.15, 0.2) is 0 Å². The lowest BCUT2D eigenvalue weighted by molar-refractivity contribution is 0.268. The van der Waals surface area contributed by atoms with E-state index in [0.717, 1.165) is 43.4 Å². The van der Waals surface area contributed by atoms with Crippen molar-refractivity contribution in [1.82, 2.24) is 9.44 Å². The third-order valence-corrected chi connectivity index (χ3v) is 14.4. The molecule has 0 aromatic carbocycles. The number of nitriles is 2. The van der Waals surface area contributed by atoms with Crippen LogP contribution in [0.25, 0.3) is 0 Å². The normalized spacial score (nSPS) is 28.6. The van der Waals surface area contributed by atoms with E-state index in [1.807, 2.05) is 68.5 Å². The summed E-state index contributed by atoms with van der Waals surface area (Å²) in [6, 6.07) is 4.05. The molecule has 0 unspecified atom stereocenters. The molecule has 5 atom stereocenters. The zero-order valence-electron chi connectivity index (χ0n) is 33.0. The van der Waals surface area contributed by atoms with Crippen LogP contribution in [0.15, 0.2) is 4.40 Å². The molecule has 3 aliphatic rings. The van der Waals surface area contributed by atoms with Crippen LogP contribution in [-0.4, -0.2) is 45.2 Å². The average Bonchev–Trinajstić information content (AvgIpc) is 3.02. The third-order valence-electron chi connectivity index (χ3n) is 9.87. The van der Waals surface area contributed by atoms with Gasteiger partial charge >= 0.3 is 0 Å². The van der Waals surface area contributed by atoms with Crippen LogP contribution in [0.4, 0.5) is 0 Å². The smallest absolute Gasteiger partial charge is 0.144 e. The lowest BCUT2D eigenvalue weighted by atomic mass is 9.80. The first kappa shape index (κ1) is 52.1. The molecule has 3 aliphatic carbocycles. The number of nitrogens with one attached hydrogen (secondary N) is 2. The average molecular weight is 774 g/mol. The second-order valence-corrected chi connectivity index (χ2v) is 23.8. The molecule has 0 bridgehead atoms. The lowest BCUT2D eigenvalue weighted by Gasteiger charge is -2.30. The zero-order valence-corrected chi connectivity index (χ0v) is 35.4. The van der Waals surface area contributed by atoms with Crippen molar-refractivity contribution in [3.8, 4) is 12.1 Å². The molecular weight excluding hydrogens is 695 g/mol. The van der Waals surface area contributed by atoms with Crippen molar-refractivity contribution in [2.24, 2.45) is 39.9 Å². The molecule has 11 heteroatoms. The molecule has 8 nitrogen and oxygen atoms in total. The largest absolute Gasteiger partial charge is 0.242 e. The Kier molecular flexibility index (Phi) is 25.0. The molecule has 0 aromatic rings. The summed E-state index contributed by atoms with van der Waals surface area (Å²) in [5.41, 5.74) is 0. The molecule has 3 saturated carbocycles. The van der Waals surface area contributed by atoms with Crippen LogP contribution in [-0.2, 0) is 33.0 Å². The maximum atomic E-state index is 12.0. The molecule has 0 amide bonds. The summed E-state index contributed by atoms with van der Waals surface area (Å²) in [7, 11) is -3.38. The highest BCUT2D eigenvalue weighted by atomic mass is 32.2. The van der Waals surface area contributed by atoms with E-state index in [4.69, 9.17) is 0 Å². The molecular formula is C40H79N5O3S3. The van der Waals surface area contributed by atoms with Crippen LogP contribution in [0.3, 0.4) is 0 Å². The van der Waals surface area contributed by atoms with Crippen molar-refractivity contribution in [2.45, 2.75) is 201 Å². The van der Waals surface area contributed by atoms with Gasteiger partial charge in [-0.15, -0.1) is 0 Å². The van der Waals surface area contributed by atoms with Crippen LogP contribution >= 0.6 is 0 Å². The number of hydrogen-bond acceptors (Lipinski definition) is 5. The van der Waals surface area contributed by atoms with E-state index in [2.05, 4.69) is 46.8 Å². The predicted molar refractivity (Wildman–Crippen MR) is 224 cm³/mol. The maximum absolute atomic E-state index is 12.0. The Labute approximate surface area is 323 Å². The topological polar surface area (TPSA) is 135 Å². The molecule has 0 spiro atoms. The highest BCUT2D eigenvalue weighted by Gasteiger charge is 2.31. The quantitative estimate of drug-likeness (QED) is 0.237. The van der Waals surface area contributed by atoms with E-state index >= 15 is 0 Å². The molecule has 3 fully saturated rings. The number of hydrogen-bond donors (Lipinski definition) is 2. The molecule has 2 N–H and O–H groups in total. The Morgan fingerprint density at radius 1 is 0.569 bits per heavy atom. The molecule has 51 heavy (non-hydrogen) atoms. The monoisotopic (exact) mass is 774 g/mol. The van der Waals surface area contributed by atoms with E-state index in [0.29, 0.717) is 17.8 Å². The van der Waals surface area contributed by atoms with Gasteiger partial charge in [-0.3, -0.25) is 0 Å². The third kappa shape index (κ3) is 20.9. The maximum Gasteiger partial charge on any atom is 0.144 e. The van der Waals surface area contributed by atoms with E-state index < -0.39 is 33.0 Å². The SMILES string of the molecule is C.C.CC1CCC(C=N[S@@](=O)C(C)(C)C)CC1.CC1CCC([C@@H](C#N)N[S@@](=O)C(C)(C)C)CC1.CC1CCC([C@H](C#N)N[S@@](=O)C(C)(C)C)CC1. The van der Waals surface area contributed by atoms with Crippen molar-refractivity contribution in [3.05, 3.63) is 0 Å². The minimum atomic E-state index is -1.15. The summed E-state index contributed by atoms with van der Waals surface area (Å²) < 4.78 is 45.0. The van der Waals surface area contributed by atoms with Gasteiger partial charge in [-0.2, -0.15) is 14.9 Å². The van der Waals surface area contributed by atoms with Gasteiger partial charge in [0.25, 0.3) is 0 Å². The summed E-state index contributed by atoms with van der Waals surface area (Å²) in [5, 5.41) is 18.4. The lowest BCUT2D eigenvalue weighted by Crippen LogP contribution is -2.43. The van der Waals surface area contributed by atoms with Crippen molar-refractivity contribution in [2.75, 3.05) is 0 Å². The van der Waals surface area contributed by atoms with Crippen LogP contribution in [0.1, 0.15) is 175 Å². The Morgan fingerprint density at radius 3 is 1.12 bits per heavy atom. The van der Waals surface area contributed by atoms with Gasteiger partial charge in [0.1, 0.15) is 23.1 Å². The standard InChI is InChI=1S/2C13H24N2OS.C12H23NOS.2CH4/c2*1-10-5-7-11(8-6-10)12(9-14)15-17(16)13(2,3)4;1-10-5-7-11(8-6-10)9-13-15(14)12(2,3)4;;/h2*10-12,15H,5-8H2,1-4H3;9-11H,5-8H2,1-4H3;2*1H4/t10?,11?,12-,17+;10?,11?,12-,17-;10?,11?,15-;;/m100../s1. The fourth-order valence-corrected chi connectivity index (χ4v) is 8.27. The first-order chi connectivity index (χ1) is 22.6. The molecule has 0 heterocycles. The molecule has 0 aromatic heterocycles. The molecule has 0 radical (unpaired) electrons. The van der Waals surface area contributed by atoms with Gasteiger partial charge < -0.3 is 0 Å². The van der Waals surface area contributed by atoms with Crippen molar-refractivity contribution in [1.29, 1.82) is 10.5 Å². The van der Waals surface area contributed by atoms with Gasteiger partial charge in [0, 0.05) is 6.21 Å². The summed E-state index contributed by atoms with van der Waals surface area (Å²) in [6.45, 7) is 24.3.